The van der Waals surface area contributed by atoms with E-state index < -0.39 is 0 Å². The van der Waals surface area contributed by atoms with Gasteiger partial charge in [0.05, 0.1) is 12.8 Å². The van der Waals surface area contributed by atoms with Crippen LogP contribution in [0.5, 0.6) is 5.75 Å². The standard InChI is InChI=1S/C14H19N3O/c1-9(2)12-6-10(4-5-14(12)18-3)13-7-11(8-15)16-17-13/h4-7,9H,8,15H2,1-3H3,(H,16,17). The number of aromatic nitrogens is 2. The molecule has 0 saturated carbocycles. The normalized spacial score (nSPS) is 10.9. The van der Waals surface area contributed by atoms with E-state index in [0.29, 0.717) is 12.5 Å². The highest BCUT2D eigenvalue weighted by molar-refractivity contribution is 5.62. The van der Waals surface area contributed by atoms with Crippen LogP contribution in [0.15, 0.2) is 24.3 Å². The van der Waals surface area contributed by atoms with Gasteiger partial charge in [0, 0.05) is 17.8 Å². The minimum absolute atomic E-state index is 0.410. The van der Waals surface area contributed by atoms with Crippen LogP contribution in [0.1, 0.15) is 31.0 Å². The van der Waals surface area contributed by atoms with Crippen LogP contribution in [0.25, 0.3) is 11.3 Å². The topological polar surface area (TPSA) is 63.9 Å². The van der Waals surface area contributed by atoms with Crippen LogP contribution in [0.3, 0.4) is 0 Å². The molecule has 18 heavy (non-hydrogen) atoms. The number of nitrogens with two attached hydrogens (primary N) is 1. The SMILES string of the molecule is COc1ccc(-c2cc(CN)[nH]n2)cc1C(C)C. The van der Waals surface area contributed by atoms with Gasteiger partial charge >= 0.3 is 0 Å². The number of hydrogen-bond acceptors (Lipinski definition) is 3. The Hall–Kier alpha value is -1.81. The third-order valence-corrected chi connectivity index (χ3v) is 3.00. The van der Waals surface area contributed by atoms with E-state index in [4.69, 9.17) is 10.5 Å². The molecule has 0 amide bonds. The first-order chi connectivity index (χ1) is 8.65. The number of hydrogen-bond donors (Lipinski definition) is 2. The summed E-state index contributed by atoms with van der Waals surface area (Å²) in [6, 6.07) is 8.11. The Kier molecular flexibility index (Phi) is 3.67. The summed E-state index contributed by atoms with van der Waals surface area (Å²) in [7, 11) is 1.70. The van der Waals surface area contributed by atoms with Gasteiger partial charge in [0.15, 0.2) is 0 Å². The molecule has 0 saturated heterocycles. The van der Waals surface area contributed by atoms with E-state index in [-0.39, 0.29) is 0 Å². The number of ether oxygens (including phenoxy) is 1. The predicted octanol–water partition coefficient (Wildman–Crippen LogP) is 2.67. The molecule has 1 heterocycles. The number of nitrogens with zero attached hydrogens (tertiary/aromatic N) is 1. The van der Waals surface area contributed by atoms with Crippen LogP contribution in [-0.2, 0) is 6.54 Å². The molecule has 1 aromatic carbocycles. The Morgan fingerprint density at radius 2 is 2.11 bits per heavy atom. The van der Waals surface area contributed by atoms with Crippen molar-refractivity contribution in [2.24, 2.45) is 5.73 Å². The molecule has 4 heteroatoms. The Morgan fingerprint density at radius 1 is 1.33 bits per heavy atom. The zero-order chi connectivity index (χ0) is 13.1. The predicted molar refractivity (Wildman–Crippen MR) is 72.6 cm³/mol. The van der Waals surface area contributed by atoms with Gasteiger partial charge in [0.25, 0.3) is 0 Å². The fourth-order valence-electron chi connectivity index (χ4n) is 1.96. The van der Waals surface area contributed by atoms with Crippen LogP contribution in [0, 0.1) is 0 Å². The summed E-state index contributed by atoms with van der Waals surface area (Å²) in [6.45, 7) is 4.77. The summed E-state index contributed by atoms with van der Waals surface area (Å²) in [4.78, 5) is 0. The number of aromatic amines is 1. The smallest absolute Gasteiger partial charge is 0.122 e. The van der Waals surface area contributed by atoms with E-state index in [2.05, 4.69) is 30.1 Å². The van der Waals surface area contributed by atoms with Gasteiger partial charge in [-0.25, -0.2) is 0 Å². The lowest BCUT2D eigenvalue weighted by Gasteiger charge is -2.12. The summed E-state index contributed by atoms with van der Waals surface area (Å²) in [5, 5.41) is 7.19. The molecule has 0 aliphatic rings. The zero-order valence-electron chi connectivity index (χ0n) is 11.0. The first kappa shape index (κ1) is 12.6. The van der Waals surface area contributed by atoms with Gasteiger partial charge < -0.3 is 10.5 Å². The average molecular weight is 245 g/mol. The Morgan fingerprint density at radius 3 is 2.67 bits per heavy atom. The fourth-order valence-corrected chi connectivity index (χ4v) is 1.96. The zero-order valence-corrected chi connectivity index (χ0v) is 11.0. The highest BCUT2D eigenvalue weighted by Gasteiger charge is 2.10. The van der Waals surface area contributed by atoms with Crippen molar-refractivity contribution >= 4 is 0 Å². The van der Waals surface area contributed by atoms with Crippen molar-refractivity contribution in [2.75, 3.05) is 7.11 Å². The van der Waals surface area contributed by atoms with Gasteiger partial charge in [0.2, 0.25) is 0 Å². The molecular formula is C14H19N3O. The van der Waals surface area contributed by atoms with Crippen molar-refractivity contribution in [1.29, 1.82) is 0 Å². The van der Waals surface area contributed by atoms with Crippen LogP contribution >= 0.6 is 0 Å². The molecule has 1 aromatic heterocycles. The van der Waals surface area contributed by atoms with E-state index in [9.17, 15) is 0 Å². The monoisotopic (exact) mass is 245 g/mol. The van der Waals surface area contributed by atoms with Crippen molar-refractivity contribution < 1.29 is 4.74 Å². The number of nitrogens with one attached hydrogen (secondary N) is 1. The lowest BCUT2D eigenvalue weighted by Crippen LogP contribution is -1.95. The maximum Gasteiger partial charge on any atom is 0.122 e. The summed E-state index contributed by atoms with van der Waals surface area (Å²) in [5.41, 5.74) is 9.69. The molecule has 0 unspecified atom stereocenters. The molecule has 3 N–H and O–H groups in total. The largest absolute Gasteiger partial charge is 0.496 e. The van der Waals surface area contributed by atoms with Gasteiger partial charge in [0.1, 0.15) is 5.75 Å². The average Bonchev–Trinajstić information content (AvgIpc) is 2.86. The first-order valence-corrected chi connectivity index (χ1v) is 6.08. The third kappa shape index (κ3) is 2.38. The maximum absolute atomic E-state index is 5.57. The van der Waals surface area contributed by atoms with Crippen molar-refractivity contribution in [3.63, 3.8) is 0 Å². The quantitative estimate of drug-likeness (QED) is 0.870. The van der Waals surface area contributed by atoms with E-state index in [1.54, 1.807) is 7.11 Å². The molecule has 0 spiro atoms. The molecule has 4 nitrogen and oxygen atoms in total. The minimum atomic E-state index is 0.410. The van der Waals surface area contributed by atoms with Crippen molar-refractivity contribution in [1.82, 2.24) is 10.2 Å². The molecule has 0 radical (unpaired) electrons. The summed E-state index contributed by atoms with van der Waals surface area (Å²) in [5.74, 6) is 1.33. The molecule has 96 valence electrons. The van der Waals surface area contributed by atoms with Crippen LogP contribution < -0.4 is 10.5 Å². The van der Waals surface area contributed by atoms with Gasteiger partial charge in [-0.05, 0) is 35.7 Å². The second-order valence-electron chi connectivity index (χ2n) is 4.59. The molecule has 0 aliphatic carbocycles. The summed E-state index contributed by atoms with van der Waals surface area (Å²) >= 11 is 0. The Balaban J connectivity index is 2.42. The molecule has 2 rings (SSSR count). The number of rotatable bonds is 4. The van der Waals surface area contributed by atoms with E-state index in [1.807, 2.05) is 18.2 Å². The lowest BCUT2D eigenvalue weighted by atomic mass is 9.98. The second-order valence-corrected chi connectivity index (χ2v) is 4.59. The van der Waals surface area contributed by atoms with Crippen LogP contribution in [0.4, 0.5) is 0 Å². The van der Waals surface area contributed by atoms with E-state index in [0.717, 1.165) is 22.7 Å². The van der Waals surface area contributed by atoms with E-state index >= 15 is 0 Å². The molecular weight excluding hydrogens is 226 g/mol. The molecule has 0 aliphatic heterocycles. The summed E-state index contributed by atoms with van der Waals surface area (Å²) in [6.07, 6.45) is 0. The highest BCUT2D eigenvalue weighted by Crippen LogP contribution is 2.30. The minimum Gasteiger partial charge on any atom is -0.496 e. The van der Waals surface area contributed by atoms with Gasteiger partial charge in [-0.15, -0.1) is 0 Å². The van der Waals surface area contributed by atoms with Gasteiger partial charge in [-0.2, -0.15) is 5.10 Å². The molecule has 2 aromatic rings. The second kappa shape index (κ2) is 5.23. The van der Waals surface area contributed by atoms with Crippen LogP contribution in [0.2, 0.25) is 0 Å². The molecule has 0 atom stereocenters. The van der Waals surface area contributed by atoms with Gasteiger partial charge in [-0.1, -0.05) is 13.8 Å². The number of H-pyrrole nitrogens is 1. The van der Waals surface area contributed by atoms with Gasteiger partial charge in [-0.3, -0.25) is 5.10 Å². The van der Waals surface area contributed by atoms with Crippen molar-refractivity contribution in [3.8, 4) is 17.0 Å². The molecule has 0 bridgehead atoms. The number of methoxy groups -OCH3 is 1. The Labute approximate surface area is 107 Å². The lowest BCUT2D eigenvalue weighted by molar-refractivity contribution is 0.407. The third-order valence-electron chi connectivity index (χ3n) is 3.00. The maximum atomic E-state index is 5.57. The summed E-state index contributed by atoms with van der Waals surface area (Å²) < 4.78 is 5.38. The number of benzene rings is 1. The fraction of sp³-hybridized carbons (Fsp3) is 0.357. The Bertz CT molecular complexity index is 532. The molecule has 0 fully saturated rings. The highest BCUT2D eigenvalue weighted by atomic mass is 16.5. The van der Waals surface area contributed by atoms with Crippen molar-refractivity contribution in [3.05, 3.63) is 35.5 Å². The van der Waals surface area contributed by atoms with Crippen LogP contribution in [-0.4, -0.2) is 17.3 Å². The van der Waals surface area contributed by atoms with E-state index in [1.165, 1.54) is 5.56 Å². The van der Waals surface area contributed by atoms with Crippen molar-refractivity contribution in [2.45, 2.75) is 26.3 Å². The first-order valence-electron chi connectivity index (χ1n) is 6.08.